The third kappa shape index (κ3) is 3.74. The highest BCUT2D eigenvalue weighted by molar-refractivity contribution is 5.35. The normalized spacial score (nSPS) is 18.4. The first-order valence-electron chi connectivity index (χ1n) is 7.18. The van der Waals surface area contributed by atoms with E-state index >= 15 is 0 Å². The Labute approximate surface area is 111 Å². The van der Waals surface area contributed by atoms with E-state index in [0.717, 1.165) is 18.3 Å². The van der Waals surface area contributed by atoms with Crippen LogP contribution in [0.25, 0.3) is 0 Å². The first-order chi connectivity index (χ1) is 8.70. The highest BCUT2D eigenvalue weighted by Crippen LogP contribution is 2.34. The predicted molar refractivity (Wildman–Crippen MR) is 76.0 cm³/mol. The molecule has 0 spiro atoms. The number of para-hydroxylation sites is 1. The number of hydrogen-bond acceptors (Lipinski definition) is 2. The van der Waals surface area contributed by atoms with Crippen molar-refractivity contribution in [2.45, 2.75) is 52.1 Å². The molecular formula is C16H25NO. The number of benzene rings is 1. The lowest BCUT2D eigenvalue weighted by molar-refractivity contribution is 0.329. The van der Waals surface area contributed by atoms with Crippen molar-refractivity contribution in [3.63, 3.8) is 0 Å². The summed E-state index contributed by atoms with van der Waals surface area (Å²) in [4.78, 5) is 0. The number of ether oxygens (including phenoxy) is 1. The Morgan fingerprint density at radius 3 is 2.67 bits per heavy atom. The third-order valence-corrected chi connectivity index (χ3v) is 3.60. The molecule has 0 aromatic heterocycles. The van der Waals surface area contributed by atoms with E-state index in [1.807, 2.05) is 13.0 Å². The second kappa shape index (κ2) is 6.24. The fourth-order valence-corrected chi connectivity index (χ4v) is 2.56. The predicted octanol–water partition coefficient (Wildman–Crippen LogP) is 3.92. The standard InChI is InChI=1S/C16H25NO/c1-4-18-16-8-6-5-7-15(16)13(3)17-12(2)11-14-9-10-14/h5-8,12-14,17H,4,9-11H2,1-3H3. The molecule has 18 heavy (non-hydrogen) atoms. The van der Waals surface area contributed by atoms with Crippen LogP contribution in [0.4, 0.5) is 0 Å². The van der Waals surface area contributed by atoms with Gasteiger partial charge in [-0.3, -0.25) is 0 Å². The molecule has 100 valence electrons. The van der Waals surface area contributed by atoms with E-state index in [1.54, 1.807) is 0 Å². The van der Waals surface area contributed by atoms with Crippen molar-refractivity contribution in [3.8, 4) is 5.75 Å². The molecule has 1 aliphatic carbocycles. The van der Waals surface area contributed by atoms with Gasteiger partial charge in [-0.2, -0.15) is 0 Å². The minimum Gasteiger partial charge on any atom is -0.494 e. The number of nitrogens with one attached hydrogen (secondary N) is 1. The van der Waals surface area contributed by atoms with Crippen molar-refractivity contribution in [1.29, 1.82) is 0 Å². The van der Waals surface area contributed by atoms with Crippen LogP contribution in [-0.2, 0) is 0 Å². The fourth-order valence-electron chi connectivity index (χ4n) is 2.56. The maximum Gasteiger partial charge on any atom is 0.124 e. The summed E-state index contributed by atoms with van der Waals surface area (Å²) >= 11 is 0. The van der Waals surface area contributed by atoms with Gasteiger partial charge in [0.05, 0.1) is 6.61 Å². The van der Waals surface area contributed by atoms with E-state index in [-0.39, 0.29) is 0 Å². The average molecular weight is 247 g/mol. The van der Waals surface area contributed by atoms with E-state index in [1.165, 1.54) is 24.8 Å². The van der Waals surface area contributed by atoms with Gasteiger partial charge in [0.2, 0.25) is 0 Å². The summed E-state index contributed by atoms with van der Waals surface area (Å²) in [6.07, 6.45) is 4.16. The Kier molecular flexibility index (Phi) is 4.65. The zero-order valence-corrected chi connectivity index (χ0v) is 11.8. The van der Waals surface area contributed by atoms with Crippen LogP contribution in [0.1, 0.15) is 51.6 Å². The molecule has 1 fully saturated rings. The monoisotopic (exact) mass is 247 g/mol. The van der Waals surface area contributed by atoms with Gasteiger partial charge in [0.25, 0.3) is 0 Å². The summed E-state index contributed by atoms with van der Waals surface area (Å²) in [5.41, 5.74) is 1.27. The van der Waals surface area contributed by atoms with Gasteiger partial charge in [-0.05, 0) is 39.2 Å². The fraction of sp³-hybridized carbons (Fsp3) is 0.625. The molecule has 2 nitrogen and oxygen atoms in total. The van der Waals surface area contributed by atoms with Gasteiger partial charge in [0.15, 0.2) is 0 Å². The van der Waals surface area contributed by atoms with E-state index in [4.69, 9.17) is 4.74 Å². The van der Waals surface area contributed by atoms with Crippen molar-refractivity contribution < 1.29 is 4.74 Å². The van der Waals surface area contributed by atoms with E-state index in [2.05, 4.69) is 37.4 Å². The zero-order valence-electron chi connectivity index (χ0n) is 11.8. The molecule has 2 heteroatoms. The van der Waals surface area contributed by atoms with E-state index in [9.17, 15) is 0 Å². The van der Waals surface area contributed by atoms with Crippen LogP contribution in [0.2, 0.25) is 0 Å². The molecule has 1 aromatic rings. The van der Waals surface area contributed by atoms with Crippen LogP contribution in [0, 0.1) is 5.92 Å². The Balaban J connectivity index is 1.95. The topological polar surface area (TPSA) is 21.3 Å². The van der Waals surface area contributed by atoms with Gasteiger partial charge in [-0.25, -0.2) is 0 Å². The summed E-state index contributed by atoms with van der Waals surface area (Å²) in [5.74, 6) is 1.99. The van der Waals surface area contributed by atoms with Crippen molar-refractivity contribution in [2.24, 2.45) is 5.92 Å². The van der Waals surface area contributed by atoms with E-state index in [0.29, 0.717) is 12.1 Å². The number of hydrogen-bond donors (Lipinski definition) is 1. The van der Waals surface area contributed by atoms with Crippen molar-refractivity contribution >= 4 is 0 Å². The lowest BCUT2D eigenvalue weighted by Gasteiger charge is -2.22. The van der Waals surface area contributed by atoms with Gasteiger partial charge < -0.3 is 10.1 Å². The second-order valence-electron chi connectivity index (χ2n) is 5.44. The lowest BCUT2D eigenvalue weighted by atomic mass is 10.0. The van der Waals surface area contributed by atoms with Crippen LogP contribution in [-0.4, -0.2) is 12.6 Å². The van der Waals surface area contributed by atoms with Gasteiger partial charge in [-0.1, -0.05) is 31.0 Å². The molecule has 1 aromatic carbocycles. The molecule has 2 unspecified atom stereocenters. The van der Waals surface area contributed by atoms with Gasteiger partial charge in [0, 0.05) is 17.6 Å². The molecule has 1 saturated carbocycles. The Morgan fingerprint density at radius 2 is 2.00 bits per heavy atom. The molecule has 0 aliphatic heterocycles. The summed E-state index contributed by atoms with van der Waals surface area (Å²) in [6, 6.07) is 9.27. The van der Waals surface area contributed by atoms with Crippen molar-refractivity contribution in [2.75, 3.05) is 6.61 Å². The maximum atomic E-state index is 5.69. The van der Waals surface area contributed by atoms with Gasteiger partial charge in [-0.15, -0.1) is 0 Å². The molecule has 1 aliphatic rings. The van der Waals surface area contributed by atoms with Crippen LogP contribution in [0.15, 0.2) is 24.3 Å². The van der Waals surface area contributed by atoms with Crippen molar-refractivity contribution in [3.05, 3.63) is 29.8 Å². The molecular weight excluding hydrogens is 222 g/mol. The summed E-state index contributed by atoms with van der Waals surface area (Å²) in [6.45, 7) is 7.27. The quantitative estimate of drug-likeness (QED) is 0.788. The maximum absolute atomic E-state index is 5.69. The Hall–Kier alpha value is -1.02. The molecule has 0 radical (unpaired) electrons. The Bertz CT molecular complexity index is 373. The Morgan fingerprint density at radius 1 is 1.28 bits per heavy atom. The third-order valence-electron chi connectivity index (χ3n) is 3.60. The van der Waals surface area contributed by atoms with Gasteiger partial charge >= 0.3 is 0 Å². The van der Waals surface area contributed by atoms with Gasteiger partial charge in [0.1, 0.15) is 5.75 Å². The van der Waals surface area contributed by atoms with Crippen molar-refractivity contribution in [1.82, 2.24) is 5.32 Å². The zero-order chi connectivity index (χ0) is 13.0. The number of rotatable bonds is 7. The minimum atomic E-state index is 0.349. The lowest BCUT2D eigenvalue weighted by Crippen LogP contribution is -2.29. The highest BCUT2D eigenvalue weighted by atomic mass is 16.5. The molecule has 0 saturated heterocycles. The SMILES string of the molecule is CCOc1ccccc1C(C)NC(C)CC1CC1. The van der Waals surface area contributed by atoms with Crippen LogP contribution in [0.5, 0.6) is 5.75 Å². The smallest absolute Gasteiger partial charge is 0.124 e. The molecule has 1 N–H and O–H groups in total. The molecule has 0 amide bonds. The molecule has 2 atom stereocenters. The summed E-state index contributed by atoms with van der Waals surface area (Å²) < 4.78 is 5.69. The second-order valence-corrected chi connectivity index (χ2v) is 5.44. The first-order valence-corrected chi connectivity index (χ1v) is 7.18. The summed E-state index contributed by atoms with van der Waals surface area (Å²) in [5, 5.41) is 3.69. The van der Waals surface area contributed by atoms with Crippen LogP contribution < -0.4 is 10.1 Å². The largest absolute Gasteiger partial charge is 0.494 e. The average Bonchev–Trinajstić information content (AvgIpc) is 3.13. The van der Waals surface area contributed by atoms with E-state index < -0.39 is 0 Å². The highest BCUT2D eigenvalue weighted by Gasteiger charge is 2.24. The summed E-state index contributed by atoms with van der Waals surface area (Å²) in [7, 11) is 0. The molecule has 0 heterocycles. The molecule has 0 bridgehead atoms. The first kappa shape index (κ1) is 13.4. The minimum absolute atomic E-state index is 0.349. The van der Waals surface area contributed by atoms with Crippen LogP contribution >= 0.6 is 0 Å². The van der Waals surface area contributed by atoms with Crippen LogP contribution in [0.3, 0.4) is 0 Å². The molecule has 2 rings (SSSR count).